The van der Waals surface area contributed by atoms with E-state index in [1.807, 2.05) is 0 Å². The molecule has 2 rings (SSSR count). The fourth-order valence-corrected chi connectivity index (χ4v) is 1.62. The first-order valence-corrected chi connectivity index (χ1v) is 5.69. The van der Waals surface area contributed by atoms with E-state index in [0.29, 0.717) is 5.56 Å². The van der Waals surface area contributed by atoms with E-state index < -0.39 is 11.7 Å². The Labute approximate surface area is 113 Å². The number of benzene rings is 1. The molecule has 6 heteroatoms. The van der Waals surface area contributed by atoms with Crippen LogP contribution in [-0.2, 0) is 0 Å². The number of amides is 1. The van der Waals surface area contributed by atoms with Gasteiger partial charge in [-0.1, -0.05) is 23.2 Å². The first-order chi connectivity index (χ1) is 8.58. The first kappa shape index (κ1) is 12.8. The zero-order valence-electron chi connectivity index (χ0n) is 8.95. The molecular formula is C12H7Cl2FN2O. The number of pyridine rings is 1. The van der Waals surface area contributed by atoms with Crippen molar-refractivity contribution in [3.63, 3.8) is 0 Å². The van der Waals surface area contributed by atoms with Crippen molar-refractivity contribution in [1.29, 1.82) is 0 Å². The van der Waals surface area contributed by atoms with Crippen LogP contribution >= 0.6 is 23.2 Å². The lowest BCUT2D eigenvalue weighted by atomic mass is 10.2. The van der Waals surface area contributed by atoms with E-state index in [-0.39, 0.29) is 15.7 Å². The second-order valence-electron chi connectivity index (χ2n) is 3.44. The highest BCUT2D eigenvalue weighted by Crippen LogP contribution is 2.28. The van der Waals surface area contributed by atoms with Crippen LogP contribution in [0.2, 0.25) is 10.0 Å². The van der Waals surface area contributed by atoms with E-state index in [1.54, 1.807) is 12.1 Å². The predicted octanol–water partition coefficient (Wildman–Crippen LogP) is 3.78. The summed E-state index contributed by atoms with van der Waals surface area (Å²) in [6, 6.07) is 5.48. The number of nitrogens with one attached hydrogen (secondary N) is 1. The first-order valence-electron chi connectivity index (χ1n) is 4.94. The van der Waals surface area contributed by atoms with Gasteiger partial charge in [-0.15, -0.1) is 0 Å². The maximum atomic E-state index is 13.5. The van der Waals surface area contributed by atoms with Crippen LogP contribution in [0.5, 0.6) is 0 Å². The van der Waals surface area contributed by atoms with Crippen molar-refractivity contribution >= 4 is 34.8 Å². The average Bonchev–Trinajstić information content (AvgIpc) is 2.37. The van der Waals surface area contributed by atoms with Gasteiger partial charge in [0.25, 0.3) is 5.91 Å². The number of rotatable bonds is 2. The Bertz CT molecular complexity index is 590. The molecule has 0 bridgehead atoms. The van der Waals surface area contributed by atoms with Gasteiger partial charge in [0.1, 0.15) is 5.82 Å². The van der Waals surface area contributed by atoms with Gasteiger partial charge in [0.2, 0.25) is 0 Å². The number of aromatic nitrogens is 1. The molecule has 0 aliphatic rings. The Hall–Kier alpha value is -1.65. The molecule has 0 fully saturated rings. The number of halogens is 3. The second kappa shape index (κ2) is 5.33. The van der Waals surface area contributed by atoms with Crippen molar-refractivity contribution in [2.24, 2.45) is 0 Å². The lowest BCUT2D eigenvalue weighted by molar-refractivity contribution is 0.102. The highest BCUT2D eigenvalue weighted by atomic mass is 35.5. The monoisotopic (exact) mass is 284 g/mol. The van der Waals surface area contributed by atoms with E-state index in [1.165, 1.54) is 18.5 Å². The molecule has 1 aromatic heterocycles. The van der Waals surface area contributed by atoms with Crippen LogP contribution in [-0.4, -0.2) is 10.9 Å². The third-order valence-corrected chi connectivity index (χ3v) is 2.90. The van der Waals surface area contributed by atoms with E-state index in [9.17, 15) is 9.18 Å². The molecule has 0 atom stereocenters. The summed E-state index contributed by atoms with van der Waals surface area (Å²) >= 11 is 11.4. The summed E-state index contributed by atoms with van der Waals surface area (Å²) in [5.41, 5.74) is 0.293. The number of carbonyl (C=O) groups excluding carboxylic acids is 1. The molecule has 2 aromatic rings. The zero-order chi connectivity index (χ0) is 13.1. The van der Waals surface area contributed by atoms with Crippen LogP contribution in [0.1, 0.15) is 10.4 Å². The van der Waals surface area contributed by atoms with Crippen molar-refractivity contribution in [2.75, 3.05) is 5.32 Å². The van der Waals surface area contributed by atoms with Crippen LogP contribution in [0.15, 0.2) is 36.7 Å². The minimum absolute atomic E-state index is 0.0294. The number of anilines is 1. The molecule has 0 saturated heterocycles. The van der Waals surface area contributed by atoms with Gasteiger partial charge < -0.3 is 5.32 Å². The smallest absolute Gasteiger partial charge is 0.257 e. The normalized spacial score (nSPS) is 10.2. The number of hydrogen-bond donors (Lipinski definition) is 1. The Morgan fingerprint density at radius 3 is 2.67 bits per heavy atom. The minimum atomic E-state index is -0.651. The molecule has 18 heavy (non-hydrogen) atoms. The van der Waals surface area contributed by atoms with Gasteiger partial charge >= 0.3 is 0 Å². The molecule has 0 spiro atoms. The maximum absolute atomic E-state index is 13.5. The highest BCUT2D eigenvalue weighted by Gasteiger charge is 2.11. The molecule has 1 heterocycles. The molecule has 0 radical (unpaired) electrons. The van der Waals surface area contributed by atoms with Crippen molar-refractivity contribution < 1.29 is 9.18 Å². The molecule has 0 aliphatic heterocycles. The largest absolute Gasteiger partial charge is 0.319 e. The van der Waals surface area contributed by atoms with Crippen molar-refractivity contribution in [1.82, 2.24) is 4.98 Å². The van der Waals surface area contributed by atoms with Gasteiger partial charge in [-0.3, -0.25) is 9.78 Å². The molecule has 92 valence electrons. The Morgan fingerprint density at radius 1 is 1.28 bits per heavy atom. The zero-order valence-corrected chi connectivity index (χ0v) is 10.5. The quantitative estimate of drug-likeness (QED) is 0.853. The van der Waals surface area contributed by atoms with E-state index >= 15 is 0 Å². The lowest BCUT2D eigenvalue weighted by Gasteiger charge is -2.07. The van der Waals surface area contributed by atoms with Gasteiger partial charge in [0.05, 0.1) is 21.3 Å². The molecule has 1 amide bonds. The Morgan fingerprint density at radius 2 is 2.00 bits per heavy atom. The standard InChI is InChI=1S/C12H7Cl2FN2O/c13-8-4-10(15)11(5-9(8)14)17-12(18)7-2-1-3-16-6-7/h1-6H,(H,17,18). The fraction of sp³-hybridized carbons (Fsp3) is 0. The predicted molar refractivity (Wildman–Crippen MR) is 68.6 cm³/mol. The fourth-order valence-electron chi connectivity index (χ4n) is 1.31. The van der Waals surface area contributed by atoms with E-state index in [0.717, 1.165) is 6.07 Å². The van der Waals surface area contributed by atoms with Gasteiger partial charge in [0.15, 0.2) is 0 Å². The molecular weight excluding hydrogens is 278 g/mol. The third kappa shape index (κ3) is 2.78. The molecule has 1 N–H and O–H groups in total. The summed E-state index contributed by atoms with van der Waals surface area (Å²) < 4.78 is 13.5. The van der Waals surface area contributed by atoms with Crippen LogP contribution in [0.25, 0.3) is 0 Å². The number of carbonyl (C=O) groups is 1. The Balaban J connectivity index is 2.25. The van der Waals surface area contributed by atoms with Crippen LogP contribution < -0.4 is 5.32 Å². The maximum Gasteiger partial charge on any atom is 0.257 e. The Kier molecular flexibility index (Phi) is 3.79. The third-order valence-electron chi connectivity index (χ3n) is 2.18. The summed E-state index contributed by atoms with van der Waals surface area (Å²) in [6.07, 6.45) is 2.92. The summed E-state index contributed by atoms with van der Waals surface area (Å²) in [6.45, 7) is 0. The molecule has 3 nitrogen and oxygen atoms in total. The van der Waals surface area contributed by atoms with Crippen molar-refractivity contribution in [3.05, 3.63) is 58.1 Å². The molecule has 0 saturated carbocycles. The highest BCUT2D eigenvalue weighted by molar-refractivity contribution is 6.42. The molecule has 0 unspecified atom stereocenters. The summed E-state index contributed by atoms with van der Waals surface area (Å²) in [7, 11) is 0. The summed E-state index contributed by atoms with van der Waals surface area (Å²) in [5.74, 6) is -1.12. The minimum Gasteiger partial charge on any atom is -0.319 e. The van der Waals surface area contributed by atoms with Gasteiger partial charge in [-0.2, -0.15) is 0 Å². The second-order valence-corrected chi connectivity index (χ2v) is 4.26. The number of hydrogen-bond acceptors (Lipinski definition) is 2. The number of nitrogens with zero attached hydrogens (tertiary/aromatic N) is 1. The summed E-state index contributed by atoms with van der Waals surface area (Å²) in [4.78, 5) is 15.6. The van der Waals surface area contributed by atoms with Crippen LogP contribution in [0.3, 0.4) is 0 Å². The van der Waals surface area contributed by atoms with E-state index in [2.05, 4.69) is 10.3 Å². The van der Waals surface area contributed by atoms with E-state index in [4.69, 9.17) is 23.2 Å². The topological polar surface area (TPSA) is 42.0 Å². The SMILES string of the molecule is O=C(Nc1cc(Cl)c(Cl)cc1F)c1cccnc1. The van der Waals surface area contributed by atoms with Gasteiger partial charge in [-0.25, -0.2) is 4.39 Å². The average molecular weight is 285 g/mol. The molecule has 1 aromatic carbocycles. The summed E-state index contributed by atoms with van der Waals surface area (Å²) in [5, 5.41) is 2.66. The lowest BCUT2D eigenvalue weighted by Crippen LogP contribution is -2.13. The van der Waals surface area contributed by atoms with Gasteiger partial charge in [-0.05, 0) is 24.3 Å². The van der Waals surface area contributed by atoms with Crippen molar-refractivity contribution in [2.45, 2.75) is 0 Å². The van der Waals surface area contributed by atoms with Crippen LogP contribution in [0, 0.1) is 5.82 Å². The van der Waals surface area contributed by atoms with Crippen LogP contribution in [0.4, 0.5) is 10.1 Å². The van der Waals surface area contributed by atoms with Gasteiger partial charge in [0, 0.05) is 12.4 Å². The molecule has 0 aliphatic carbocycles. The van der Waals surface area contributed by atoms with Crippen molar-refractivity contribution in [3.8, 4) is 0 Å².